The van der Waals surface area contributed by atoms with E-state index >= 15 is 0 Å². The molecule has 1 aromatic heterocycles. The quantitative estimate of drug-likeness (QED) is 0.578. The van der Waals surface area contributed by atoms with Crippen LogP contribution in [0.1, 0.15) is 38.5 Å². The molecule has 1 aromatic carbocycles. The number of anilines is 1. The third kappa shape index (κ3) is 5.32. The van der Waals surface area contributed by atoms with Crippen LogP contribution in [0, 0.1) is 29.0 Å². The first-order valence-corrected chi connectivity index (χ1v) is 9.71. The molecule has 2 aromatic rings. The molecule has 3 rings (SSSR count). The van der Waals surface area contributed by atoms with E-state index in [1.165, 1.54) is 18.2 Å². The number of carbonyl (C=O) groups is 2. The number of amides is 3. The number of primary amides is 1. The van der Waals surface area contributed by atoms with Crippen molar-refractivity contribution in [2.45, 2.75) is 18.9 Å². The fourth-order valence-electron chi connectivity index (χ4n) is 2.89. The summed E-state index contributed by atoms with van der Waals surface area (Å²) in [4.78, 5) is 24.8. The molecule has 7 nitrogen and oxygen atoms in total. The standard InChI is InChI=1S/C20H18FN5O2S/c21-16-8-12(3-5-13(16)10-22)4-6-15-9-17(26-20(23)28)18(29-15)19(27)25-14-2-1-7-24-11-14/h3,5,8-9,14,24H,1-2,7,11H2,(H,25,27)(H3,23,26,28)/t14-/m0/s1. The zero-order chi connectivity index (χ0) is 20.8. The van der Waals surface area contributed by atoms with Crippen LogP contribution in [-0.4, -0.2) is 31.1 Å². The number of piperidine rings is 1. The van der Waals surface area contributed by atoms with Gasteiger partial charge in [-0.2, -0.15) is 5.26 Å². The minimum atomic E-state index is -0.787. The highest BCUT2D eigenvalue weighted by molar-refractivity contribution is 7.15. The van der Waals surface area contributed by atoms with Crippen molar-refractivity contribution in [2.75, 3.05) is 18.4 Å². The topological polar surface area (TPSA) is 120 Å². The number of benzene rings is 1. The zero-order valence-electron chi connectivity index (χ0n) is 15.3. The average molecular weight is 411 g/mol. The second kappa shape index (κ2) is 9.20. The summed E-state index contributed by atoms with van der Waals surface area (Å²) in [5.74, 6) is 4.68. The maximum atomic E-state index is 13.7. The van der Waals surface area contributed by atoms with E-state index in [-0.39, 0.29) is 23.2 Å². The van der Waals surface area contributed by atoms with Gasteiger partial charge in [0.1, 0.15) is 16.8 Å². The fraction of sp³-hybridized carbons (Fsp3) is 0.250. The smallest absolute Gasteiger partial charge is 0.316 e. The largest absolute Gasteiger partial charge is 0.351 e. The maximum Gasteiger partial charge on any atom is 0.316 e. The van der Waals surface area contributed by atoms with E-state index in [2.05, 4.69) is 27.8 Å². The summed E-state index contributed by atoms with van der Waals surface area (Å²) in [6, 6.07) is 6.58. The van der Waals surface area contributed by atoms with Crippen molar-refractivity contribution in [1.29, 1.82) is 5.26 Å². The number of hydrogen-bond acceptors (Lipinski definition) is 5. The average Bonchev–Trinajstić information content (AvgIpc) is 3.09. The molecule has 1 aliphatic heterocycles. The SMILES string of the molecule is N#Cc1ccc(C#Cc2cc(NC(N)=O)c(C(=O)N[C@H]3CCCNC3)s2)cc1F. The molecule has 0 bridgehead atoms. The second-order valence-corrected chi connectivity index (χ2v) is 7.47. The van der Waals surface area contributed by atoms with Crippen LogP contribution in [0.4, 0.5) is 14.9 Å². The Balaban J connectivity index is 1.83. The van der Waals surface area contributed by atoms with Gasteiger partial charge < -0.3 is 21.7 Å². The van der Waals surface area contributed by atoms with Crippen LogP contribution >= 0.6 is 11.3 Å². The number of nitrogens with zero attached hydrogens (tertiary/aromatic N) is 1. The first-order valence-electron chi connectivity index (χ1n) is 8.90. The van der Waals surface area contributed by atoms with Gasteiger partial charge in [-0.1, -0.05) is 11.8 Å². The van der Waals surface area contributed by atoms with Crippen molar-refractivity contribution in [3.8, 4) is 17.9 Å². The van der Waals surface area contributed by atoms with Gasteiger partial charge in [-0.05, 0) is 43.7 Å². The first kappa shape index (κ1) is 20.3. The molecule has 0 radical (unpaired) electrons. The predicted molar refractivity (Wildman–Crippen MR) is 108 cm³/mol. The summed E-state index contributed by atoms with van der Waals surface area (Å²) < 4.78 is 13.7. The molecule has 5 N–H and O–H groups in total. The lowest BCUT2D eigenvalue weighted by atomic mass is 10.1. The number of urea groups is 1. The first-order chi connectivity index (χ1) is 14.0. The Morgan fingerprint density at radius 3 is 2.79 bits per heavy atom. The van der Waals surface area contributed by atoms with Crippen LogP contribution in [0.3, 0.4) is 0 Å². The summed E-state index contributed by atoms with van der Waals surface area (Å²) in [5, 5.41) is 17.4. The van der Waals surface area contributed by atoms with Gasteiger partial charge in [0.05, 0.1) is 16.1 Å². The Kier molecular flexibility index (Phi) is 6.45. The minimum absolute atomic E-state index is 0.0101. The van der Waals surface area contributed by atoms with E-state index in [1.54, 1.807) is 12.1 Å². The third-order valence-corrected chi connectivity index (χ3v) is 5.30. The van der Waals surface area contributed by atoms with E-state index < -0.39 is 11.8 Å². The van der Waals surface area contributed by atoms with Gasteiger partial charge >= 0.3 is 6.03 Å². The molecule has 2 heterocycles. The lowest BCUT2D eigenvalue weighted by molar-refractivity contribution is 0.0935. The Morgan fingerprint density at radius 1 is 1.31 bits per heavy atom. The number of nitrogens with one attached hydrogen (secondary N) is 3. The van der Waals surface area contributed by atoms with Crippen molar-refractivity contribution >= 4 is 29.0 Å². The van der Waals surface area contributed by atoms with E-state index in [0.29, 0.717) is 21.9 Å². The molecular weight excluding hydrogens is 393 g/mol. The Labute approximate surface area is 171 Å². The van der Waals surface area contributed by atoms with Crippen LogP contribution in [-0.2, 0) is 0 Å². The van der Waals surface area contributed by atoms with Crippen LogP contribution in [0.25, 0.3) is 0 Å². The number of halogens is 1. The van der Waals surface area contributed by atoms with Gasteiger partial charge in [-0.15, -0.1) is 11.3 Å². The van der Waals surface area contributed by atoms with Crippen LogP contribution < -0.4 is 21.7 Å². The second-order valence-electron chi connectivity index (χ2n) is 6.42. The summed E-state index contributed by atoms with van der Waals surface area (Å²) in [6.45, 7) is 1.61. The summed E-state index contributed by atoms with van der Waals surface area (Å²) in [6.07, 6.45) is 1.85. The zero-order valence-corrected chi connectivity index (χ0v) is 16.2. The van der Waals surface area contributed by atoms with E-state index in [0.717, 1.165) is 30.7 Å². The molecule has 9 heteroatoms. The van der Waals surface area contributed by atoms with E-state index in [4.69, 9.17) is 11.0 Å². The predicted octanol–water partition coefficient (Wildman–Crippen LogP) is 2.13. The van der Waals surface area contributed by atoms with Crippen molar-refractivity contribution < 1.29 is 14.0 Å². The number of nitrogens with two attached hydrogens (primary N) is 1. The Hall–Kier alpha value is -3.40. The number of rotatable bonds is 3. The van der Waals surface area contributed by atoms with E-state index in [1.807, 2.05) is 0 Å². The summed E-state index contributed by atoms with van der Waals surface area (Å²) in [7, 11) is 0. The van der Waals surface area contributed by atoms with Crippen LogP contribution in [0.2, 0.25) is 0 Å². The lowest BCUT2D eigenvalue weighted by Crippen LogP contribution is -2.45. The van der Waals surface area contributed by atoms with Gasteiger partial charge in [0, 0.05) is 18.2 Å². The highest BCUT2D eigenvalue weighted by Gasteiger charge is 2.21. The van der Waals surface area contributed by atoms with Gasteiger partial charge in [-0.25, -0.2) is 9.18 Å². The monoisotopic (exact) mass is 411 g/mol. The van der Waals surface area contributed by atoms with Crippen LogP contribution in [0.15, 0.2) is 24.3 Å². The molecule has 3 amide bonds. The number of carbonyl (C=O) groups excluding carboxylic acids is 2. The lowest BCUT2D eigenvalue weighted by Gasteiger charge is -2.23. The van der Waals surface area contributed by atoms with Gasteiger partial charge in [-0.3, -0.25) is 4.79 Å². The van der Waals surface area contributed by atoms with Gasteiger partial charge in [0.15, 0.2) is 0 Å². The highest BCUT2D eigenvalue weighted by atomic mass is 32.1. The molecule has 1 atom stereocenters. The van der Waals surface area contributed by atoms with Gasteiger partial charge in [0.2, 0.25) is 0 Å². The molecule has 0 aliphatic carbocycles. The van der Waals surface area contributed by atoms with Crippen molar-refractivity contribution in [1.82, 2.24) is 10.6 Å². The molecule has 0 spiro atoms. The Morgan fingerprint density at radius 2 is 2.14 bits per heavy atom. The van der Waals surface area contributed by atoms with E-state index in [9.17, 15) is 14.0 Å². The fourth-order valence-corrected chi connectivity index (χ4v) is 3.76. The number of thiophene rings is 1. The number of hydrogen-bond donors (Lipinski definition) is 4. The molecular formula is C20H18FN5O2S. The van der Waals surface area contributed by atoms with Crippen molar-refractivity contribution in [3.05, 3.63) is 51.0 Å². The van der Waals surface area contributed by atoms with Crippen molar-refractivity contribution in [3.63, 3.8) is 0 Å². The van der Waals surface area contributed by atoms with Gasteiger partial charge in [0.25, 0.3) is 5.91 Å². The molecule has 29 heavy (non-hydrogen) atoms. The molecule has 0 saturated carbocycles. The summed E-state index contributed by atoms with van der Waals surface area (Å²) >= 11 is 1.11. The van der Waals surface area contributed by atoms with Crippen LogP contribution in [0.5, 0.6) is 0 Å². The summed E-state index contributed by atoms with van der Waals surface area (Å²) in [5.41, 5.74) is 5.81. The molecule has 1 aliphatic rings. The van der Waals surface area contributed by atoms with Crippen molar-refractivity contribution in [2.24, 2.45) is 5.73 Å². The molecule has 1 fully saturated rings. The molecule has 0 unspecified atom stereocenters. The minimum Gasteiger partial charge on any atom is -0.351 e. The Bertz CT molecular complexity index is 1040. The maximum absolute atomic E-state index is 13.7. The highest BCUT2D eigenvalue weighted by Crippen LogP contribution is 2.27. The normalized spacial score (nSPS) is 15.5. The third-order valence-electron chi connectivity index (χ3n) is 4.25. The molecule has 1 saturated heterocycles. The number of nitriles is 1. The molecule has 148 valence electrons.